The number of amides is 1. The topological polar surface area (TPSA) is 41.6 Å². The number of benzene rings is 2. The van der Waals surface area contributed by atoms with Crippen LogP contribution in [0.5, 0.6) is 5.75 Å². The van der Waals surface area contributed by atoms with E-state index in [-0.39, 0.29) is 17.5 Å². The van der Waals surface area contributed by atoms with Crippen LogP contribution >= 0.6 is 0 Å². The lowest BCUT2D eigenvalue weighted by Crippen LogP contribution is -2.42. The molecule has 1 aliphatic heterocycles. The van der Waals surface area contributed by atoms with Gasteiger partial charge >= 0.3 is 0 Å². The van der Waals surface area contributed by atoms with Crippen LogP contribution in [0.2, 0.25) is 0 Å². The van der Waals surface area contributed by atoms with Gasteiger partial charge in [0.15, 0.2) is 11.6 Å². The van der Waals surface area contributed by atoms with Crippen molar-refractivity contribution in [3.63, 3.8) is 0 Å². The zero-order valence-electron chi connectivity index (χ0n) is 14.0. The van der Waals surface area contributed by atoms with Crippen LogP contribution in [0.25, 0.3) is 0 Å². The van der Waals surface area contributed by atoms with E-state index >= 15 is 0 Å². The molecule has 2 aromatic rings. The van der Waals surface area contributed by atoms with E-state index in [1.54, 1.807) is 12.0 Å². The van der Waals surface area contributed by atoms with E-state index in [1.807, 2.05) is 24.3 Å². The molecule has 1 amide bonds. The second kappa shape index (κ2) is 7.51. The molecule has 1 fully saturated rings. The number of methoxy groups -OCH3 is 1. The molecule has 0 aromatic heterocycles. The quantitative estimate of drug-likeness (QED) is 0.918. The average molecular weight is 346 g/mol. The van der Waals surface area contributed by atoms with Crippen molar-refractivity contribution in [3.05, 3.63) is 59.7 Å². The molecule has 3 rings (SSSR count). The lowest BCUT2D eigenvalue weighted by molar-refractivity contribution is 0.0718. The number of rotatable bonds is 4. The Morgan fingerprint density at radius 2 is 1.88 bits per heavy atom. The minimum Gasteiger partial charge on any atom is -0.497 e. The number of likely N-dealkylation sites (tertiary alicyclic amines) is 1. The maximum Gasteiger partial charge on any atom is 0.253 e. The highest BCUT2D eigenvalue weighted by Gasteiger charge is 2.24. The number of carbonyl (C=O) groups is 1. The fourth-order valence-corrected chi connectivity index (χ4v) is 2.99. The fourth-order valence-electron chi connectivity index (χ4n) is 2.99. The van der Waals surface area contributed by atoms with E-state index in [0.717, 1.165) is 36.4 Å². The number of nitrogens with one attached hydrogen (secondary N) is 1. The summed E-state index contributed by atoms with van der Waals surface area (Å²) in [5.41, 5.74) is 1.16. The maximum atomic E-state index is 13.3. The summed E-state index contributed by atoms with van der Waals surface area (Å²) >= 11 is 0. The standard InChI is InChI=1S/C19H20F2N2O2/c1-25-16-4-2-3-15(12-16)22-14-7-9-23(10-8-14)19(24)13-5-6-17(20)18(21)11-13/h2-6,11-12,14,22H,7-10H2,1H3. The van der Waals surface area contributed by atoms with E-state index in [1.165, 1.54) is 6.07 Å². The first-order chi connectivity index (χ1) is 12.1. The smallest absolute Gasteiger partial charge is 0.253 e. The summed E-state index contributed by atoms with van der Waals surface area (Å²) in [4.78, 5) is 14.1. The zero-order chi connectivity index (χ0) is 17.8. The Labute approximate surface area is 145 Å². The second-order valence-electron chi connectivity index (χ2n) is 6.07. The molecule has 2 aromatic carbocycles. The number of anilines is 1. The summed E-state index contributed by atoms with van der Waals surface area (Å²) in [5.74, 6) is -1.42. The van der Waals surface area contributed by atoms with Crippen LogP contribution in [-0.4, -0.2) is 37.0 Å². The third-order valence-electron chi connectivity index (χ3n) is 4.39. The maximum absolute atomic E-state index is 13.3. The van der Waals surface area contributed by atoms with Crippen molar-refractivity contribution < 1.29 is 18.3 Å². The molecule has 0 atom stereocenters. The van der Waals surface area contributed by atoms with Gasteiger partial charge in [0.1, 0.15) is 5.75 Å². The van der Waals surface area contributed by atoms with Crippen LogP contribution in [0.15, 0.2) is 42.5 Å². The van der Waals surface area contributed by atoms with Crippen LogP contribution < -0.4 is 10.1 Å². The first kappa shape index (κ1) is 17.2. The fraction of sp³-hybridized carbons (Fsp3) is 0.316. The van der Waals surface area contributed by atoms with E-state index in [4.69, 9.17) is 4.74 Å². The Bertz CT molecular complexity index is 759. The van der Waals surface area contributed by atoms with Gasteiger partial charge in [-0.25, -0.2) is 8.78 Å². The second-order valence-corrected chi connectivity index (χ2v) is 6.07. The molecular weight excluding hydrogens is 326 g/mol. The number of nitrogens with zero attached hydrogens (tertiary/aromatic N) is 1. The van der Waals surface area contributed by atoms with Crippen molar-refractivity contribution in [2.24, 2.45) is 0 Å². The highest BCUT2D eigenvalue weighted by Crippen LogP contribution is 2.22. The molecule has 6 heteroatoms. The lowest BCUT2D eigenvalue weighted by Gasteiger charge is -2.33. The highest BCUT2D eigenvalue weighted by atomic mass is 19.2. The molecule has 0 unspecified atom stereocenters. The molecule has 132 valence electrons. The molecule has 0 bridgehead atoms. The molecule has 4 nitrogen and oxygen atoms in total. The van der Waals surface area contributed by atoms with Gasteiger partial charge in [-0.2, -0.15) is 0 Å². The van der Waals surface area contributed by atoms with Crippen LogP contribution in [0.3, 0.4) is 0 Å². The lowest BCUT2D eigenvalue weighted by atomic mass is 10.0. The van der Waals surface area contributed by atoms with Crippen molar-refractivity contribution in [1.29, 1.82) is 0 Å². The van der Waals surface area contributed by atoms with Gasteiger partial charge in [0, 0.05) is 36.4 Å². The van der Waals surface area contributed by atoms with Crippen LogP contribution in [0.4, 0.5) is 14.5 Å². The Kier molecular flexibility index (Phi) is 5.16. The van der Waals surface area contributed by atoms with Crippen LogP contribution in [0, 0.1) is 11.6 Å². The van der Waals surface area contributed by atoms with Crippen molar-refractivity contribution in [1.82, 2.24) is 4.90 Å². The average Bonchev–Trinajstić information content (AvgIpc) is 2.64. The van der Waals surface area contributed by atoms with Gasteiger partial charge in [-0.1, -0.05) is 6.07 Å². The Hall–Kier alpha value is -2.63. The number of hydrogen-bond donors (Lipinski definition) is 1. The van der Waals surface area contributed by atoms with Gasteiger partial charge in [-0.05, 0) is 43.2 Å². The summed E-state index contributed by atoms with van der Waals surface area (Å²) in [6.45, 7) is 1.14. The molecular formula is C19H20F2N2O2. The molecule has 1 aliphatic rings. The summed E-state index contributed by atoms with van der Waals surface area (Å²) in [6.07, 6.45) is 1.57. The highest BCUT2D eigenvalue weighted by molar-refractivity contribution is 5.94. The first-order valence-electron chi connectivity index (χ1n) is 8.22. The Morgan fingerprint density at radius 3 is 2.56 bits per heavy atom. The van der Waals surface area contributed by atoms with Crippen molar-refractivity contribution in [3.8, 4) is 5.75 Å². The van der Waals surface area contributed by atoms with Gasteiger partial charge < -0.3 is 15.0 Å². The number of carbonyl (C=O) groups excluding carboxylic acids is 1. The molecule has 25 heavy (non-hydrogen) atoms. The predicted octanol–water partition coefficient (Wildman–Crippen LogP) is 3.69. The predicted molar refractivity (Wildman–Crippen MR) is 91.9 cm³/mol. The third-order valence-corrected chi connectivity index (χ3v) is 4.39. The minimum absolute atomic E-state index is 0.179. The van der Waals surface area contributed by atoms with E-state index < -0.39 is 11.6 Å². The van der Waals surface area contributed by atoms with Gasteiger partial charge in [0.2, 0.25) is 0 Å². The molecule has 0 radical (unpaired) electrons. The monoisotopic (exact) mass is 346 g/mol. The molecule has 1 saturated heterocycles. The van der Waals surface area contributed by atoms with E-state index in [9.17, 15) is 13.6 Å². The van der Waals surface area contributed by atoms with Gasteiger partial charge in [0.05, 0.1) is 7.11 Å². The molecule has 0 saturated carbocycles. The molecule has 1 N–H and O–H groups in total. The normalized spacial score (nSPS) is 15.1. The molecule has 0 spiro atoms. The van der Waals surface area contributed by atoms with Crippen LogP contribution in [0.1, 0.15) is 23.2 Å². The number of ether oxygens (including phenoxy) is 1. The van der Waals surface area contributed by atoms with Gasteiger partial charge in [0.25, 0.3) is 5.91 Å². The SMILES string of the molecule is COc1cccc(NC2CCN(C(=O)c3ccc(F)c(F)c3)CC2)c1. The van der Waals surface area contributed by atoms with Gasteiger partial charge in [-0.3, -0.25) is 4.79 Å². The number of piperidine rings is 1. The summed E-state index contributed by atoms with van der Waals surface area (Å²) in [5, 5.41) is 3.44. The largest absolute Gasteiger partial charge is 0.497 e. The Balaban J connectivity index is 1.57. The van der Waals surface area contributed by atoms with Crippen molar-refractivity contribution in [2.45, 2.75) is 18.9 Å². The van der Waals surface area contributed by atoms with E-state index in [2.05, 4.69) is 5.32 Å². The summed E-state index contributed by atoms with van der Waals surface area (Å²) in [6, 6.07) is 11.2. The minimum atomic E-state index is -1.000. The van der Waals surface area contributed by atoms with Crippen molar-refractivity contribution in [2.75, 3.05) is 25.5 Å². The van der Waals surface area contributed by atoms with E-state index in [0.29, 0.717) is 13.1 Å². The molecule has 0 aliphatic carbocycles. The van der Waals surface area contributed by atoms with Crippen molar-refractivity contribution >= 4 is 11.6 Å². The van der Waals surface area contributed by atoms with Gasteiger partial charge in [-0.15, -0.1) is 0 Å². The number of hydrogen-bond acceptors (Lipinski definition) is 3. The zero-order valence-corrected chi connectivity index (χ0v) is 14.0. The number of halogens is 2. The first-order valence-corrected chi connectivity index (χ1v) is 8.22. The Morgan fingerprint density at radius 1 is 1.12 bits per heavy atom. The van der Waals surface area contributed by atoms with Crippen LogP contribution in [-0.2, 0) is 0 Å². The third kappa shape index (κ3) is 4.07. The summed E-state index contributed by atoms with van der Waals surface area (Å²) < 4.78 is 31.5. The summed E-state index contributed by atoms with van der Waals surface area (Å²) in [7, 11) is 1.63. The molecule has 1 heterocycles.